The first kappa shape index (κ1) is 10.0. The molecular weight excluding hydrogens is 148 g/mol. The van der Waals surface area contributed by atoms with E-state index in [1.807, 2.05) is 0 Å². The summed E-state index contributed by atoms with van der Waals surface area (Å²) in [4.78, 5) is 0. The van der Waals surface area contributed by atoms with Crippen molar-refractivity contribution in [2.75, 3.05) is 6.54 Å². The number of hydrogen-bond acceptors (Lipinski definition) is 2. The van der Waals surface area contributed by atoms with Crippen LogP contribution in [0.15, 0.2) is 0 Å². The fraction of sp³-hybridized carbons (Fsp3) is 1.00. The fourth-order valence-corrected chi connectivity index (χ4v) is 2.96. The molecule has 0 aromatic rings. The van der Waals surface area contributed by atoms with E-state index in [1.54, 1.807) is 0 Å². The lowest BCUT2D eigenvalue weighted by Gasteiger charge is -2.45. The van der Waals surface area contributed by atoms with Gasteiger partial charge in [-0.05, 0) is 30.6 Å². The van der Waals surface area contributed by atoms with Gasteiger partial charge in [0.05, 0.1) is 0 Å². The minimum atomic E-state index is -0.0961. The molecule has 72 valence electrons. The Bertz CT molecular complexity index is 165. The summed E-state index contributed by atoms with van der Waals surface area (Å²) >= 11 is 0. The van der Waals surface area contributed by atoms with E-state index in [-0.39, 0.29) is 5.54 Å². The summed E-state index contributed by atoms with van der Waals surface area (Å²) in [5.41, 5.74) is 12.2. The SMILES string of the molecule is CC1CC(C)(C)C[C@](N)(CN)C1. The van der Waals surface area contributed by atoms with Gasteiger partial charge < -0.3 is 11.5 Å². The van der Waals surface area contributed by atoms with Crippen molar-refractivity contribution in [1.29, 1.82) is 0 Å². The van der Waals surface area contributed by atoms with Crippen LogP contribution < -0.4 is 11.5 Å². The van der Waals surface area contributed by atoms with E-state index in [1.165, 1.54) is 6.42 Å². The summed E-state index contributed by atoms with van der Waals surface area (Å²) in [6.45, 7) is 7.48. The molecule has 1 aliphatic carbocycles. The third-order valence-corrected chi connectivity index (χ3v) is 2.89. The summed E-state index contributed by atoms with van der Waals surface area (Å²) in [5.74, 6) is 0.724. The van der Waals surface area contributed by atoms with Crippen molar-refractivity contribution in [3.63, 3.8) is 0 Å². The van der Waals surface area contributed by atoms with Crippen molar-refractivity contribution in [2.24, 2.45) is 22.8 Å². The molecule has 12 heavy (non-hydrogen) atoms. The largest absolute Gasteiger partial charge is 0.329 e. The van der Waals surface area contributed by atoms with Crippen molar-refractivity contribution >= 4 is 0 Å². The first-order chi connectivity index (χ1) is 5.37. The van der Waals surface area contributed by atoms with Crippen LogP contribution in [0.4, 0.5) is 0 Å². The molecule has 0 aromatic heterocycles. The van der Waals surface area contributed by atoms with Gasteiger partial charge in [0.1, 0.15) is 0 Å². The van der Waals surface area contributed by atoms with Gasteiger partial charge in [0.25, 0.3) is 0 Å². The maximum Gasteiger partial charge on any atom is 0.0286 e. The second-order valence-corrected chi connectivity index (χ2v) is 5.42. The smallest absolute Gasteiger partial charge is 0.0286 e. The molecule has 0 amide bonds. The highest BCUT2D eigenvalue weighted by Crippen LogP contribution is 2.42. The molecule has 0 radical (unpaired) electrons. The Morgan fingerprint density at radius 3 is 2.33 bits per heavy atom. The van der Waals surface area contributed by atoms with Crippen LogP contribution in [-0.4, -0.2) is 12.1 Å². The average molecular weight is 170 g/mol. The van der Waals surface area contributed by atoms with Crippen molar-refractivity contribution in [3.8, 4) is 0 Å². The number of hydrogen-bond donors (Lipinski definition) is 2. The first-order valence-electron chi connectivity index (χ1n) is 4.86. The Hall–Kier alpha value is -0.0800. The predicted molar refractivity (Wildman–Crippen MR) is 52.8 cm³/mol. The van der Waals surface area contributed by atoms with Gasteiger partial charge >= 0.3 is 0 Å². The Morgan fingerprint density at radius 2 is 1.92 bits per heavy atom. The molecule has 4 N–H and O–H groups in total. The zero-order valence-electron chi connectivity index (χ0n) is 8.56. The van der Waals surface area contributed by atoms with E-state index in [9.17, 15) is 0 Å². The van der Waals surface area contributed by atoms with E-state index in [0.717, 1.165) is 18.8 Å². The molecule has 1 saturated carbocycles. The highest BCUT2D eigenvalue weighted by Gasteiger charge is 2.39. The van der Waals surface area contributed by atoms with Gasteiger partial charge in [-0.2, -0.15) is 0 Å². The molecule has 2 atom stereocenters. The van der Waals surface area contributed by atoms with Crippen molar-refractivity contribution < 1.29 is 0 Å². The molecule has 0 bridgehead atoms. The molecule has 1 rings (SSSR count). The lowest BCUT2D eigenvalue weighted by atomic mass is 9.65. The monoisotopic (exact) mass is 170 g/mol. The van der Waals surface area contributed by atoms with Gasteiger partial charge in [-0.15, -0.1) is 0 Å². The van der Waals surface area contributed by atoms with E-state index in [2.05, 4.69) is 20.8 Å². The first-order valence-corrected chi connectivity index (χ1v) is 4.86. The summed E-state index contributed by atoms with van der Waals surface area (Å²) in [6, 6.07) is 0. The maximum absolute atomic E-state index is 6.20. The molecular formula is C10H22N2. The predicted octanol–water partition coefficient (Wildman–Crippen LogP) is 1.49. The lowest BCUT2D eigenvalue weighted by Crippen LogP contribution is -2.54. The molecule has 2 heteroatoms. The minimum absolute atomic E-state index is 0.0961. The van der Waals surface area contributed by atoms with Crippen LogP contribution in [0.5, 0.6) is 0 Å². The van der Waals surface area contributed by atoms with Crippen LogP contribution in [0.2, 0.25) is 0 Å². The second kappa shape index (κ2) is 3.00. The lowest BCUT2D eigenvalue weighted by molar-refractivity contribution is 0.113. The molecule has 0 heterocycles. The zero-order chi connectivity index (χ0) is 9.41. The molecule has 0 spiro atoms. The van der Waals surface area contributed by atoms with E-state index >= 15 is 0 Å². The highest BCUT2D eigenvalue weighted by atomic mass is 14.8. The van der Waals surface area contributed by atoms with Crippen LogP contribution >= 0.6 is 0 Å². The van der Waals surface area contributed by atoms with Crippen LogP contribution in [-0.2, 0) is 0 Å². The molecule has 1 fully saturated rings. The van der Waals surface area contributed by atoms with Crippen LogP contribution in [0.3, 0.4) is 0 Å². The van der Waals surface area contributed by atoms with Gasteiger partial charge in [0.2, 0.25) is 0 Å². The van der Waals surface area contributed by atoms with Gasteiger partial charge in [-0.1, -0.05) is 20.8 Å². The number of nitrogens with two attached hydrogens (primary N) is 2. The van der Waals surface area contributed by atoms with Crippen LogP contribution in [0.1, 0.15) is 40.0 Å². The standard InChI is InChI=1S/C10H22N2/c1-8-4-9(2,3)6-10(12,5-8)7-11/h8H,4-7,11-12H2,1-3H3/t8?,10-/m0/s1. The molecule has 1 unspecified atom stereocenters. The third-order valence-electron chi connectivity index (χ3n) is 2.89. The molecule has 0 aromatic carbocycles. The topological polar surface area (TPSA) is 52.0 Å². The van der Waals surface area contributed by atoms with Gasteiger partial charge in [-0.3, -0.25) is 0 Å². The summed E-state index contributed by atoms with van der Waals surface area (Å²) in [7, 11) is 0. The molecule has 2 nitrogen and oxygen atoms in total. The van der Waals surface area contributed by atoms with E-state index in [0.29, 0.717) is 12.0 Å². The van der Waals surface area contributed by atoms with Crippen LogP contribution in [0.25, 0.3) is 0 Å². The second-order valence-electron chi connectivity index (χ2n) is 5.42. The Labute approximate surface area is 75.7 Å². The average Bonchev–Trinajstić information content (AvgIpc) is 1.82. The number of rotatable bonds is 1. The highest BCUT2D eigenvalue weighted by molar-refractivity contribution is 4.97. The van der Waals surface area contributed by atoms with Crippen molar-refractivity contribution in [3.05, 3.63) is 0 Å². The Balaban J connectivity index is 2.70. The summed E-state index contributed by atoms with van der Waals surface area (Å²) in [5, 5.41) is 0. The van der Waals surface area contributed by atoms with Gasteiger partial charge in [0.15, 0.2) is 0 Å². The summed E-state index contributed by atoms with van der Waals surface area (Å²) < 4.78 is 0. The normalized spacial score (nSPS) is 41.2. The fourth-order valence-electron chi connectivity index (χ4n) is 2.96. The quantitative estimate of drug-likeness (QED) is 0.626. The Morgan fingerprint density at radius 1 is 1.33 bits per heavy atom. The van der Waals surface area contributed by atoms with E-state index in [4.69, 9.17) is 11.5 Å². The van der Waals surface area contributed by atoms with E-state index < -0.39 is 0 Å². The Kier molecular flexibility index (Phi) is 2.50. The molecule has 1 aliphatic rings. The van der Waals surface area contributed by atoms with Gasteiger partial charge in [0, 0.05) is 12.1 Å². The molecule has 0 saturated heterocycles. The van der Waals surface area contributed by atoms with Gasteiger partial charge in [-0.25, -0.2) is 0 Å². The third kappa shape index (κ3) is 2.20. The molecule has 0 aliphatic heterocycles. The summed E-state index contributed by atoms with van der Waals surface area (Å²) in [6.07, 6.45) is 3.44. The van der Waals surface area contributed by atoms with Crippen molar-refractivity contribution in [2.45, 2.75) is 45.6 Å². The van der Waals surface area contributed by atoms with Crippen molar-refractivity contribution in [1.82, 2.24) is 0 Å². The zero-order valence-corrected chi connectivity index (χ0v) is 8.56. The minimum Gasteiger partial charge on any atom is -0.329 e. The maximum atomic E-state index is 6.20. The van der Waals surface area contributed by atoms with Crippen LogP contribution in [0, 0.1) is 11.3 Å².